The van der Waals surface area contributed by atoms with Crippen molar-refractivity contribution in [2.45, 2.75) is 26.3 Å². The summed E-state index contributed by atoms with van der Waals surface area (Å²) in [6, 6.07) is 13.2. The highest BCUT2D eigenvalue weighted by molar-refractivity contribution is 5.83. The molecular weight excluding hydrogens is 450 g/mol. The van der Waals surface area contributed by atoms with Crippen molar-refractivity contribution >= 4 is 28.5 Å². The zero-order chi connectivity index (χ0) is 23.9. The fraction of sp³-hybridized carbons (Fsp3) is 0.360. The average molecular weight is 476 g/mol. The van der Waals surface area contributed by atoms with Crippen LogP contribution in [0.15, 0.2) is 47.3 Å². The number of piperidine rings is 1. The zero-order valence-corrected chi connectivity index (χ0v) is 19.3. The second-order valence-electron chi connectivity index (χ2n) is 8.72. The third-order valence-corrected chi connectivity index (χ3v) is 6.57. The molecule has 4 aromatic rings. The second-order valence-corrected chi connectivity index (χ2v) is 8.72. The van der Waals surface area contributed by atoms with Crippen molar-refractivity contribution in [1.82, 2.24) is 19.2 Å². The number of aromatic nitrogens is 4. The van der Waals surface area contributed by atoms with Gasteiger partial charge in [0.15, 0.2) is 17.3 Å². The van der Waals surface area contributed by atoms with E-state index in [2.05, 4.69) is 4.90 Å². The van der Waals surface area contributed by atoms with Crippen molar-refractivity contribution in [2.75, 3.05) is 31.4 Å². The number of ether oxygens (including phenoxy) is 3. The number of fused-ring (bicyclic) bond motifs is 4. The number of rotatable bonds is 5. The van der Waals surface area contributed by atoms with Crippen LogP contribution in [-0.2, 0) is 16.1 Å². The quantitative estimate of drug-likeness (QED) is 0.406. The van der Waals surface area contributed by atoms with Gasteiger partial charge in [0.2, 0.25) is 12.4 Å². The minimum atomic E-state index is -0.237. The van der Waals surface area contributed by atoms with Gasteiger partial charge < -0.3 is 19.1 Å². The summed E-state index contributed by atoms with van der Waals surface area (Å²) in [6.45, 7) is 3.95. The van der Waals surface area contributed by atoms with Gasteiger partial charge in [0.25, 0.3) is 0 Å². The molecule has 0 bridgehead atoms. The fourth-order valence-corrected chi connectivity index (χ4v) is 4.80. The summed E-state index contributed by atoms with van der Waals surface area (Å²) < 4.78 is 19.2. The number of hydrogen-bond donors (Lipinski definition) is 0. The molecule has 1 fully saturated rings. The van der Waals surface area contributed by atoms with E-state index in [1.807, 2.05) is 49.4 Å². The first-order valence-electron chi connectivity index (χ1n) is 11.8. The van der Waals surface area contributed by atoms with E-state index in [0.29, 0.717) is 66.5 Å². The van der Waals surface area contributed by atoms with Gasteiger partial charge in [-0.1, -0.05) is 18.2 Å². The summed E-state index contributed by atoms with van der Waals surface area (Å²) in [5.41, 5.74) is 2.57. The Balaban J connectivity index is 1.39. The number of carbonyl (C=O) groups excluding carboxylic acids is 1. The lowest BCUT2D eigenvalue weighted by molar-refractivity contribution is -0.148. The highest BCUT2D eigenvalue weighted by atomic mass is 16.7. The molecule has 0 saturated carbocycles. The van der Waals surface area contributed by atoms with E-state index >= 15 is 0 Å². The first-order valence-corrected chi connectivity index (χ1v) is 11.8. The van der Waals surface area contributed by atoms with Crippen LogP contribution in [0.25, 0.3) is 16.7 Å². The van der Waals surface area contributed by atoms with Gasteiger partial charge in [0.05, 0.1) is 30.1 Å². The van der Waals surface area contributed by atoms with Gasteiger partial charge in [0, 0.05) is 13.1 Å². The number of esters is 1. The molecule has 6 rings (SSSR count). The Morgan fingerprint density at radius 3 is 2.74 bits per heavy atom. The predicted molar refractivity (Wildman–Crippen MR) is 128 cm³/mol. The molecule has 1 saturated heterocycles. The van der Waals surface area contributed by atoms with Crippen molar-refractivity contribution < 1.29 is 19.0 Å². The van der Waals surface area contributed by atoms with E-state index in [0.717, 1.165) is 5.56 Å². The Hall–Kier alpha value is -4.08. The van der Waals surface area contributed by atoms with E-state index in [4.69, 9.17) is 24.3 Å². The molecule has 180 valence electrons. The highest BCUT2D eigenvalue weighted by Crippen LogP contribution is 2.33. The summed E-state index contributed by atoms with van der Waals surface area (Å²) in [6.07, 6.45) is 1.34. The Kier molecular flexibility index (Phi) is 5.28. The molecule has 2 aliphatic rings. The third-order valence-electron chi connectivity index (χ3n) is 6.57. The minimum absolute atomic E-state index is 0.117. The van der Waals surface area contributed by atoms with Gasteiger partial charge in [-0.15, -0.1) is 5.10 Å². The van der Waals surface area contributed by atoms with Crippen LogP contribution in [0.4, 0.5) is 5.82 Å². The van der Waals surface area contributed by atoms with Gasteiger partial charge in [-0.2, -0.15) is 0 Å². The molecular formula is C25H25N5O5. The Morgan fingerprint density at radius 2 is 1.91 bits per heavy atom. The van der Waals surface area contributed by atoms with E-state index in [1.165, 1.54) is 4.68 Å². The van der Waals surface area contributed by atoms with Crippen molar-refractivity contribution in [1.29, 1.82) is 0 Å². The van der Waals surface area contributed by atoms with Crippen molar-refractivity contribution in [3.8, 4) is 11.5 Å². The highest BCUT2D eigenvalue weighted by Gasteiger charge is 2.29. The lowest BCUT2D eigenvalue weighted by atomic mass is 9.97. The molecule has 35 heavy (non-hydrogen) atoms. The normalized spacial score (nSPS) is 15.7. The smallest absolute Gasteiger partial charge is 0.351 e. The average Bonchev–Trinajstić information content (AvgIpc) is 3.48. The number of nitrogens with zero attached hydrogens (tertiary/aromatic N) is 5. The summed E-state index contributed by atoms with van der Waals surface area (Å²) in [4.78, 5) is 32.7. The second kappa shape index (κ2) is 8.61. The maximum atomic E-state index is 13.5. The van der Waals surface area contributed by atoms with E-state index < -0.39 is 0 Å². The molecule has 0 radical (unpaired) electrons. The van der Waals surface area contributed by atoms with Gasteiger partial charge >= 0.3 is 11.7 Å². The summed E-state index contributed by atoms with van der Waals surface area (Å²) >= 11 is 0. The Morgan fingerprint density at radius 1 is 1.11 bits per heavy atom. The molecule has 0 aliphatic carbocycles. The Bertz CT molecular complexity index is 1490. The van der Waals surface area contributed by atoms with Gasteiger partial charge in [-0.25, -0.2) is 18.9 Å². The molecule has 0 N–H and O–H groups in total. The summed E-state index contributed by atoms with van der Waals surface area (Å²) in [5, 5.41) is 4.71. The van der Waals surface area contributed by atoms with Crippen LogP contribution in [0.5, 0.6) is 11.5 Å². The molecule has 2 aliphatic heterocycles. The predicted octanol–water partition coefficient (Wildman–Crippen LogP) is 2.60. The molecule has 2 aromatic carbocycles. The third kappa shape index (κ3) is 3.74. The van der Waals surface area contributed by atoms with Crippen LogP contribution in [0.1, 0.15) is 25.3 Å². The van der Waals surface area contributed by atoms with E-state index in [-0.39, 0.29) is 30.9 Å². The maximum absolute atomic E-state index is 13.5. The number of hydrogen-bond acceptors (Lipinski definition) is 8. The minimum Gasteiger partial charge on any atom is -0.466 e. The van der Waals surface area contributed by atoms with Crippen LogP contribution in [-0.4, -0.2) is 51.6 Å². The summed E-state index contributed by atoms with van der Waals surface area (Å²) in [7, 11) is 0. The topological polar surface area (TPSA) is 100 Å². The van der Waals surface area contributed by atoms with Gasteiger partial charge in [-0.05, 0) is 49.6 Å². The number of anilines is 1. The van der Waals surface area contributed by atoms with E-state index in [9.17, 15) is 9.59 Å². The molecule has 0 amide bonds. The zero-order valence-electron chi connectivity index (χ0n) is 19.3. The Labute approximate surface area is 200 Å². The fourth-order valence-electron chi connectivity index (χ4n) is 4.80. The maximum Gasteiger partial charge on any atom is 0.351 e. The van der Waals surface area contributed by atoms with Gasteiger partial charge in [-0.3, -0.25) is 4.79 Å². The van der Waals surface area contributed by atoms with Crippen molar-refractivity contribution in [3.63, 3.8) is 0 Å². The van der Waals surface area contributed by atoms with Gasteiger partial charge in [0.1, 0.15) is 0 Å². The van der Waals surface area contributed by atoms with Crippen LogP contribution in [0.2, 0.25) is 0 Å². The van der Waals surface area contributed by atoms with Crippen molar-refractivity contribution in [2.24, 2.45) is 5.92 Å². The molecule has 10 nitrogen and oxygen atoms in total. The van der Waals surface area contributed by atoms with E-state index in [1.54, 1.807) is 4.40 Å². The molecule has 0 unspecified atom stereocenters. The monoisotopic (exact) mass is 475 g/mol. The molecule has 10 heteroatoms. The number of benzene rings is 2. The summed E-state index contributed by atoms with van der Waals surface area (Å²) in [5.74, 6) is 1.74. The first-order chi connectivity index (χ1) is 17.1. The molecule has 4 heterocycles. The number of para-hydroxylation sites is 2. The lowest BCUT2D eigenvalue weighted by Gasteiger charge is -2.31. The molecule has 2 aromatic heterocycles. The van der Waals surface area contributed by atoms with Crippen molar-refractivity contribution in [3.05, 3.63) is 58.5 Å². The van der Waals surface area contributed by atoms with Crippen LogP contribution in [0.3, 0.4) is 0 Å². The molecule has 0 spiro atoms. The first kappa shape index (κ1) is 21.5. The molecule has 0 atom stereocenters. The van der Waals surface area contributed by atoms with Crippen LogP contribution >= 0.6 is 0 Å². The SMILES string of the molecule is CCOC(=O)C1CCN(c2nc3ccccc3n3c(=O)n(Cc4ccc5c(c4)OCO5)nc23)CC1. The number of carbonyl (C=O) groups is 1. The van der Waals surface area contributed by atoms with Crippen LogP contribution < -0.4 is 20.1 Å². The largest absolute Gasteiger partial charge is 0.466 e. The standard InChI is InChI=1S/C25H25N5O5/c1-2-33-24(31)17-9-11-28(12-10-17)22-23-27-29(14-16-7-8-20-21(13-16)35-15-34-20)25(32)30(23)19-6-4-3-5-18(19)26-22/h3-8,13,17H,2,9-12,14-15H2,1H3. The lowest BCUT2D eigenvalue weighted by Crippen LogP contribution is -2.37. The van der Waals surface area contributed by atoms with Crippen LogP contribution in [0, 0.1) is 5.92 Å².